The minimum absolute atomic E-state index is 0.109. The fraction of sp³-hybridized carbons (Fsp3) is 0.464. The Labute approximate surface area is 226 Å². The van der Waals surface area contributed by atoms with Gasteiger partial charge in [-0.3, -0.25) is 9.59 Å². The summed E-state index contributed by atoms with van der Waals surface area (Å²) in [6, 6.07) is 11.7. The van der Waals surface area contributed by atoms with Crippen molar-refractivity contribution in [3.05, 3.63) is 64.4 Å². The van der Waals surface area contributed by atoms with Crippen LogP contribution in [-0.2, 0) is 4.79 Å². The minimum atomic E-state index is -0.792. The van der Waals surface area contributed by atoms with Crippen molar-refractivity contribution < 1.29 is 28.6 Å². The molecule has 0 radical (unpaired) electrons. The average Bonchev–Trinajstić information content (AvgIpc) is 2.92. The van der Waals surface area contributed by atoms with Crippen LogP contribution >= 0.6 is 11.6 Å². The first-order valence-electron chi connectivity index (χ1n) is 13.1. The van der Waals surface area contributed by atoms with Gasteiger partial charge in [-0.15, -0.1) is 0 Å². The summed E-state index contributed by atoms with van der Waals surface area (Å²) in [5.74, 6) is -1.71. The number of carboxylic acids is 1. The molecule has 1 aliphatic carbocycles. The molecule has 0 aromatic heterocycles. The Hall–Kier alpha value is -3.33. The van der Waals surface area contributed by atoms with Gasteiger partial charge in [0.1, 0.15) is 11.6 Å². The predicted molar refractivity (Wildman–Crippen MR) is 141 cm³/mol. The third-order valence-electron chi connectivity index (χ3n) is 7.32. The van der Waals surface area contributed by atoms with Crippen LogP contribution in [0.25, 0.3) is 0 Å². The van der Waals surface area contributed by atoms with Crippen LogP contribution in [0.1, 0.15) is 60.4 Å². The Bertz CT molecular complexity index is 1130. The van der Waals surface area contributed by atoms with E-state index in [0.29, 0.717) is 55.5 Å². The molecule has 1 heterocycles. The molecule has 1 saturated heterocycles. The molecular formula is C28H33ClFN3O5. The second-order valence-electron chi connectivity index (χ2n) is 9.87. The Morgan fingerprint density at radius 1 is 0.947 bits per heavy atom. The number of amides is 3. The number of piperidine rings is 1. The SMILES string of the molecule is O=C(NCCNC(=O)N1CCC(c2ccc(Cl)cc2)CC1)c1ccc(O[C@H]2CC[C@@H](C(=O)O)CC2)cc1F. The highest BCUT2D eigenvalue weighted by Crippen LogP contribution is 2.30. The second-order valence-corrected chi connectivity index (χ2v) is 10.3. The van der Waals surface area contributed by atoms with E-state index in [1.165, 1.54) is 23.8 Å². The number of hydrogen-bond acceptors (Lipinski definition) is 4. The van der Waals surface area contributed by atoms with Gasteiger partial charge in [-0.1, -0.05) is 23.7 Å². The fourth-order valence-electron chi connectivity index (χ4n) is 5.08. The number of halogens is 2. The van der Waals surface area contributed by atoms with Crippen molar-refractivity contribution in [2.45, 2.75) is 50.5 Å². The molecule has 8 nitrogen and oxygen atoms in total. The van der Waals surface area contributed by atoms with Gasteiger partial charge in [-0.05, 0) is 74.3 Å². The van der Waals surface area contributed by atoms with E-state index < -0.39 is 17.7 Å². The van der Waals surface area contributed by atoms with Gasteiger partial charge in [-0.25, -0.2) is 9.18 Å². The summed E-state index contributed by atoms with van der Waals surface area (Å²) in [7, 11) is 0. The van der Waals surface area contributed by atoms with Crippen LogP contribution in [0.5, 0.6) is 5.75 Å². The van der Waals surface area contributed by atoms with Crippen molar-refractivity contribution in [1.82, 2.24) is 15.5 Å². The van der Waals surface area contributed by atoms with E-state index in [9.17, 15) is 18.8 Å². The van der Waals surface area contributed by atoms with Gasteiger partial charge in [0.2, 0.25) is 0 Å². The van der Waals surface area contributed by atoms with Gasteiger partial charge in [-0.2, -0.15) is 0 Å². The number of likely N-dealkylation sites (tertiary alicyclic amines) is 1. The van der Waals surface area contributed by atoms with Crippen LogP contribution in [0.4, 0.5) is 9.18 Å². The smallest absolute Gasteiger partial charge is 0.317 e. The highest BCUT2D eigenvalue weighted by molar-refractivity contribution is 6.30. The lowest BCUT2D eigenvalue weighted by molar-refractivity contribution is -0.143. The maximum atomic E-state index is 14.6. The molecule has 3 N–H and O–H groups in total. The van der Waals surface area contributed by atoms with E-state index in [2.05, 4.69) is 10.6 Å². The fourth-order valence-corrected chi connectivity index (χ4v) is 5.20. The van der Waals surface area contributed by atoms with Crippen molar-refractivity contribution >= 4 is 29.5 Å². The van der Waals surface area contributed by atoms with Crippen LogP contribution in [0, 0.1) is 11.7 Å². The standard InChI is InChI=1S/C28H33ClFN3O5/c29-21-5-1-18(2-6-21)19-11-15-33(16-12-19)28(37)32-14-13-31-26(34)24-10-9-23(17-25(24)30)38-22-7-3-20(4-8-22)27(35)36/h1-2,5-6,9-10,17,19-20,22H,3-4,7-8,11-16H2,(H,31,34)(H,32,37)(H,35,36)/t20-,22+. The molecule has 38 heavy (non-hydrogen) atoms. The largest absolute Gasteiger partial charge is 0.490 e. The number of benzene rings is 2. The lowest BCUT2D eigenvalue weighted by Gasteiger charge is -2.32. The predicted octanol–water partition coefficient (Wildman–Crippen LogP) is 4.82. The van der Waals surface area contributed by atoms with E-state index in [1.807, 2.05) is 24.3 Å². The molecule has 3 amide bonds. The molecule has 2 aromatic rings. The molecule has 0 bridgehead atoms. The highest BCUT2D eigenvalue weighted by atomic mass is 35.5. The first-order valence-corrected chi connectivity index (χ1v) is 13.4. The van der Waals surface area contributed by atoms with Crippen molar-refractivity contribution in [2.24, 2.45) is 5.92 Å². The van der Waals surface area contributed by atoms with Gasteiger partial charge in [0.05, 0.1) is 17.6 Å². The van der Waals surface area contributed by atoms with Crippen LogP contribution in [0.3, 0.4) is 0 Å². The zero-order valence-electron chi connectivity index (χ0n) is 21.1. The lowest BCUT2D eigenvalue weighted by atomic mass is 9.87. The summed E-state index contributed by atoms with van der Waals surface area (Å²) in [6.45, 7) is 1.68. The molecule has 204 valence electrons. The minimum Gasteiger partial charge on any atom is -0.490 e. The monoisotopic (exact) mass is 545 g/mol. The third-order valence-corrected chi connectivity index (χ3v) is 7.57. The second kappa shape index (κ2) is 13.0. The lowest BCUT2D eigenvalue weighted by Crippen LogP contribution is -2.46. The van der Waals surface area contributed by atoms with Crippen molar-refractivity contribution in [1.29, 1.82) is 0 Å². The van der Waals surface area contributed by atoms with E-state index in [0.717, 1.165) is 12.8 Å². The Balaban J connectivity index is 1.15. The number of aliphatic carboxylic acids is 1. The number of ether oxygens (including phenoxy) is 1. The number of rotatable bonds is 8. The summed E-state index contributed by atoms with van der Waals surface area (Å²) < 4.78 is 20.4. The molecule has 1 aliphatic heterocycles. The molecular weight excluding hydrogens is 513 g/mol. The number of carbonyl (C=O) groups is 3. The summed E-state index contributed by atoms with van der Waals surface area (Å²) >= 11 is 5.96. The van der Waals surface area contributed by atoms with E-state index >= 15 is 0 Å². The van der Waals surface area contributed by atoms with Gasteiger partial charge in [0.15, 0.2) is 0 Å². The van der Waals surface area contributed by atoms with E-state index in [4.69, 9.17) is 21.4 Å². The first kappa shape index (κ1) is 27.7. The topological polar surface area (TPSA) is 108 Å². The Morgan fingerprint density at radius 2 is 1.61 bits per heavy atom. The quantitative estimate of drug-likeness (QED) is 0.412. The zero-order chi connectivity index (χ0) is 27.1. The van der Waals surface area contributed by atoms with Crippen LogP contribution < -0.4 is 15.4 Å². The third kappa shape index (κ3) is 7.37. The molecule has 1 saturated carbocycles. The number of urea groups is 1. The van der Waals surface area contributed by atoms with Crippen LogP contribution in [-0.4, -0.2) is 60.2 Å². The summed E-state index contributed by atoms with van der Waals surface area (Å²) in [5.41, 5.74) is 1.12. The van der Waals surface area contributed by atoms with Gasteiger partial charge in [0, 0.05) is 37.3 Å². The Kier molecular flexibility index (Phi) is 9.44. The summed E-state index contributed by atoms with van der Waals surface area (Å²) in [4.78, 5) is 37.8. The summed E-state index contributed by atoms with van der Waals surface area (Å²) in [6.07, 6.45) is 3.81. The van der Waals surface area contributed by atoms with Crippen molar-refractivity contribution in [3.8, 4) is 5.75 Å². The maximum Gasteiger partial charge on any atom is 0.317 e. The number of carbonyl (C=O) groups excluding carboxylic acids is 2. The van der Waals surface area contributed by atoms with Gasteiger partial charge >= 0.3 is 12.0 Å². The van der Waals surface area contributed by atoms with Gasteiger partial charge in [0.25, 0.3) is 5.91 Å². The zero-order valence-corrected chi connectivity index (χ0v) is 21.9. The number of nitrogens with one attached hydrogen (secondary N) is 2. The molecule has 0 atom stereocenters. The Morgan fingerprint density at radius 3 is 2.24 bits per heavy atom. The summed E-state index contributed by atoms with van der Waals surface area (Å²) in [5, 5.41) is 15.2. The van der Waals surface area contributed by atoms with E-state index in [1.54, 1.807) is 4.90 Å². The normalized spacial score (nSPS) is 20.0. The molecule has 10 heteroatoms. The average molecular weight is 546 g/mol. The van der Waals surface area contributed by atoms with Gasteiger partial charge < -0.3 is 25.4 Å². The first-order chi connectivity index (χ1) is 18.3. The molecule has 2 aliphatic rings. The molecule has 2 fully saturated rings. The van der Waals surface area contributed by atoms with E-state index in [-0.39, 0.29) is 36.7 Å². The van der Waals surface area contributed by atoms with Crippen LogP contribution in [0.15, 0.2) is 42.5 Å². The van der Waals surface area contributed by atoms with Crippen molar-refractivity contribution in [2.75, 3.05) is 26.2 Å². The maximum absolute atomic E-state index is 14.6. The van der Waals surface area contributed by atoms with Crippen molar-refractivity contribution in [3.63, 3.8) is 0 Å². The molecule has 4 rings (SSSR count). The molecule has 0 spiro atoms. The number of carboxylic acid groups (broad SMARTS) is 1. The number of hydrogen-bond donors (Lipinski definition) is 3. The molecule has 2 aromatic carbocycles. The van der Waals surface area contributed by atoms with Crippen LogP contribution in [0.2, 0.25) is 5.02 Å². The number of nitrogens with zero attached hydrogens (tertiary/aromatic N) is 1. The molecule has 0 unspecified atom stereocenters. The highest BCUT2D eigenvalue weighted by Gasteiger charge is 2.27.